The molecule has 0 bridgehead atoms. The molecule has 1 amide bonds. The van der Waals surface area contributed by atoms with E-state index in [9.17, 15) is 19.3 Å². The molecule has 11 heteroatoms. The number of carbonyl (C=O) groups excluding carboxylic acids is 1. The Balaban J connectivity index is 1.65. The minimum atomic E-state index is -0.616. The van der Waals surface area contributed by atoms with Gasteiger partial charge in [0.1, 0.15) is 11.5 Å². The maximum absolute atomic E-state index is 13.8. The molecule has 3 aromatic rings. The monoisotopic (exact) mass is 407 g/mol. The molecule has 3 rings (SSSR count). The van der Waals surface area contributed by atoms with E-state index in [2.05, 4.69) is 20.5 Å². The summed E-state index contributed by atoms with van der Waals surface area (Å²) in [7, 11) is 0. The SMILES string of the molecule is O=C(CSc1n[nH]c(-c2ccccc2F)n1)Nc1cc(Cl)ccc1[N+](=O)[O-]. The van der Waals surface area contributed by atoms with Gasteiger partial charge in [0.05, 0.1) is 16.2 Å². The topological polar surface area (TPSA) is 114 Å². The van der Waals surface area contributed by atoms with Gasteiger partial charge < -0.3 is 5.32 Å². The van der Waals surface area contributed by atoms with E-state index in [0.717, 1.165) is 11.8 Å². The average molecular weight is 408 g/mol. The number of hydrogen-bond donors (Lipinski definition) is 2. The van der Waals surface area contributed by atoms with Crippen LogP contribution in [0.4, 0.5) is 15.8 Å². The lowest BCUT2D eigenvalue weighted by atomic mass is 10.2. The predicted molar refractivity (Wildman–Crippen MR) is 99.2 cm³/mol. The molecule has 0 spiro atoms. The van der Waals surface area contributed by atoms with E-state index in [1.807, 2.05) is 0 Å². The Hall–Kier alpha value is -2.98. The molecule has 8 nitrogen and oxygen atoms in total. The number of amides is 1. The molecular formula is C16H11ClFN5O3S. The number of nitro groups is 1. The van der Waals surface area contributed by atoms with Crippen molar-refractivity contribution in [1.82, 2.24) is 15.2 Å². The Morgan fingerprint density at radius 1 is 1.33 bits per heavy atom. The van der Waals surface area contributed by atoms with Gasteiger partial charge in [0.15, 0.2) is 5.82 Å². The summed E-state index contributed by atoms with van der Waals surface area (Å²) in [6.45, 7) is 0. The Morgan fingerprint density at radius 2 is 2.11 bits per heavy atom. The molecule has 0 aliphatic heterocycles. The first-order valence-electron chi connectivity index (χ1n) is 7.48. The van der Waals surface area contributed by atoms with E-state index >= 15 is 0 Å². The van der Waals surface area contributed by atoms with Crippen molar-refractivity contribution >= 4 is 40.6 Å². The van der Waals surface area contributed by atoms with Gasteiger partial charge >= 0.3 is 0 Å². The number of nitrogens with one attached hydrogen (secondary N) is 2. The summed E-state index contributed by atoms with van der Waals surface area (Å²) in [5.74, 6) is -0.807. The molecule has 0 radical (unpaired) electrons. The molecule has 0 saturated heterocycles. The second-order valence-electron chi connectivity index (χ2n) is 5.20. The number of anilines is 1. The fourth-order valence-electron chi connectivity index (χ4n) is 2.17. The van der Waals surface area contributed by atoms with Gasteiger partial charge in [0.25, 0.3) is 5.69 Å². The van der Waals surface area contributed by atoms with E-state index in [-0.39, 0.29) is 38.7 Å². The molecule has 0 fully saturated rings. The summed E-state index contributed by atoms with van der Waals surface area (Å²) in [6.07, 6.45) is 0. The van der Waals surface area contributed by atoms with Crippen LogP contribution in [0.2, 0.25) is 5.02 Å². The predicted octanol–water partition coefficient (Wildman–Crippen LogP) is 3.90. The molecular weight excluding hydrogens is 397 g/mol. The molecule has 138 valence electrons. The largest absolute Gasteiger partial charge is 0.320 e. The van der Waals surface area contributed by atoms with Crippen molar-refractivity contribution in [1.29, 1.82) is 0 Å². The number of hydrogen-bond acceptors (Lipinski definition) is 6. The van der Waals surface area contributed by atoms with Gasteiger partial charge in [0, 0.05) is 11.1 Å². The van der Waals surface area contributed by atoms with Gasteiger partial charge in [-0.3, -0.25) is 20.0 Å². The van der Waals surface area contributed by atoms with Gasteiger partial charge in [0.2, 0.25) is 11.1 Å². The smallest absolute Gasteiger partial charge is 0.292 e. The summed E-state index contributed by atoms with van der Waals surface area (Å²) in [4.78, 5) is 26.6. The van der Waals surface area contributed by atoms with Crippen LogP contribution in [-0.2, 0) is 4.79 Å². The minimum Gasteiger partial charge on any atom is -0.320 e. The van der Waals surface area contributed by atoms with Gasteiger partial charge in [-0.25, -0.2) is 9.37 Å². The van der Waals surface area contributed by atoms with Crippen LogP contribution in [0, 0.1) is 15.9 Å². The quantitative estimate of drug-likeness (QED) is 0.364. The first kappa shape index (κ1) is 18.8. The first-order chi connectivity index (χ1) is 12.9. The minimum absolute atomic E-state index is 0.000123. The van der Waals surface area contributed by atoms with E-state index in [1.54, 1.807) is 18.2 Å². The van der Waals surface area contributed by atoms with Crippen molar-refractivity contribution in [3.05, 3.63) is 63.4 Å². The number of halogens is 2. The number of H-pyrrole nitrogens is 1. The molecule has 2 aromatic carbocycles. The highest BCUT2D eigenvalue weighted by molar-refractivity contribution is 7.99. The van der Waals surface area contributed by atoms with Gasteiger partial charge in [-0.2, -0.15) is 0 Å². The zero-order valence-electron chi connectivity index (χ0n) is 13.5. The highest BCUT2D eigenvalue weighted by atomic mass is 35.5. The molecule has 1 aromatic heterocycles. The number of carbonyl (C=O) groups is 1. The van der Waals surface area contributed by atoms with Crippen molar-refractivity contribution in [2.75, 3.05) is 11.1 Å². The second-order valence-corrected chi connectivity index (χ2v) is 6.58. The zero-order valence-corrected chi connectivity index (χ0v) is 15.1. The Kier molecular flexibility index (Phi) is 5.67. The lowest BCUT2D eigenvalue weighted by Gasteiger charge is -2.05. The lowest BCUT2D eigenvalue weighted by molar-refractivity contribution is -0.383. The van der Waals surface area contributed by atoms with Crippen LogP contribution < -0.4 is 5.32 Å². The van der Waals surface area contributed by atoms with Crippen LogP contribution in [0.25, 0.3) is 11.4 Å². The number of rotatable bonds is 6. The fraction of sp³-hybridized carbons (Fsp3) is 0.0625. The molecule has 0 aliphatic rings. The molecule has 2 N–H and O–H groups in total. The van der Waals surface area contributed by atoms with Crippen molar-refractivity contribution < 1.29 is 14.1 Å². The number of aromatic nitrogens is 3. The second kappa shape index (κ2) is 8.14. The Bertz CT molecular complexity index is 1010. The van der Waals surface area contributed by atoms with E-state index in [4.69, 9.17) is 11.6 Å². The number of benzene rings is 2. The Morgan fingerprint density at radius 3 is 2.85 bits per heavy atom. The molecule has 27 heavy (non-hydrogen) atoms. The molecule has 1 heterocycles. The van der Waals surface area contributed by atoms with Crippen molar-refractivity contribution in [2.24, 2.45) is 0 Å². The van der Waals surface area contributed by atoms with Gasteiger partial charge in [-0.05, 0) is 24.3 Å². The maximum atomic E-state index is 13.8. The van der Waals surface area contributed by atoms with Gasteiger partial charge in [-0.1, -0.05) is 35.5 Å². The average Bonchev–Trinajstić information content (AvgIpc) is 3.09. The number of nitro benzene ring substituents is 1. The van der Waals surface area contributed by atoms with Crippen molar-refractivity contribution in [3.63, 3.8) is 0 Å². The summed E-state index contributed by atoms with van der Waals surface area (Å²) >= 11 is 6.81. The lowest BCUT2D eigenvalue weighted by Crippen LogP contribution is -2.15. The third-order valence-electron chi connectivity index (χ3n) is 3.36. The van der Waals surface area contributed by atoms with Crippen LogP contribution in [-0.4, -0.2) is 31.8 Å². The standard InChI is InChI=1S/C16H11ClFN5O3S/c17-9-5-6-13(23(25)26)12(7-9)19-14(24)8-27-16-20-15(21-22-16)10-3-1-2-4-11(10)18/h1-7H,8H2,(H,19,24)(H,20,21,22). The number of thioether (sulfide) groups is 1. The summed E-state index contributed by atoms with van der Waals surface area (Å²) in [5.41, 5.74) is -0.00605. The number of nitrogens with zero attached hydrogens (tertiary/aromatic N) is 3. The van der Waals surface area contributed by atoms with Crippen molar-refractivity contribution in [2.45, 2.75) is 5.16 Å². The van der Waals surface area contributed by atoms with Crippen LogP contribution >= 0.6 is 23.4 Å². The fourth-order valence-corrected chi connectivity index (χ4v) is 2.94. The highest BCUT2D eigenvalue weighted by Crippen LogP contribution is 2.28. The molecule has 0 unspecified atom stereocenters. The van der Waals surface area contributed by atoms with Gasteiger partial charge in [-0.15, -0.1) is 5.10 Å². The highest BCUT2D eigenvalue weighted by Gasteiger charge is 2.17. The summed E-state index contributed by atoms with van der Waals surface area (Å²) in [5, 5.41) is 20.5. The maximum Gasteiger partial charge on any atom is 0.292 e. The third kappa shape index (κ3) is 4.60. The zero-order chi connectivity index (χ0) is 19.4. The summed E-state index contributed by atoms with van der Waals surface area (Å²) in [6, 6.07) is 9.95. The third-order valence-corrected chi connectivity index (χ3v) is 4.44. The Labute approximate surface area is 161 Å². The molecule has 0 atom stereocenters. The molecule has 0 saturated carbocycles. The van der Waals surface area contributed by atoms with E-state index in [0.29, 0.717) is 0 Å². The molecule has 0 aliphatic carbocycles. The van der Waals surface area contributed by atoms with Crippen LogP contribution in [0.3, 0.4) is 0 Å². The number of aromatic amines is 1. The van der Waals surface area contributed by atoms with E-state index < -0.39 is 16.6 Å². The normalized spacial score (nSPS) is 10.6. The first-order valence-corrected chi connectivity index (χ1v) is 8.84. The van der Waals surface area contributed by atoms with Crippen LogP contribution in [0.1, 0.15) is 0 Å². The van der Waals surface area contributed by atoms with E-state index in [1.165, 1.54) is 24.3 Å². The van der Waals surface area contributed by atoms with Crippen molar-refractivity contribution in [3.8, 4) is 11.4 Å². The van der Waals surface area contributed by atoms with Crippen LogP contribution in [0.5, 0.6) is 0 Å². The van der Waals surface area contributed by atoms with Crippen LogP contribution in [0.15, 0.2) is 47.6 Å². The summed E-state index contributed by atoms with van der Waals surface area (Å²) < 4.78 is 13.8.